The van der Waals surface area contributed by atoms with Crippen molar-refractivity contribution in [3.63, 3.8) is 0 Å². The number of ether oxygens (including phenoxy) is 2. The fraction of sp³-hybridized carbons (Fsp3) is 0.300. The Morgan fingerprint density at radius 3 is 2.42 bits per heavy atom. The summed E-state index contributed by atoms with van der Waals surface area (Å²) in [5.74, 6) is 1.38. The highest BCUT2D eigenvalue weighted by Crippen LogP contribution is 2.34. The number of anilines is 1. The van der Waals surface area contributed by atoms with E-state index in [1.807, 2.05) is 4.90 Å². The van der Waals surface area contributed by atoms with Gasteiger partial charge in [0.1, 0.15) is 23.4 Å². The van der Waals surface area contributed by atoms with Crippen LogP contribution in [0.5, 0.6) is 11.5 Å². The molecule has 0 bridgehead atoms. The Kier molecular flexibility index (Phi) is 7.25. The van der Waals surface area contributed by atoms with Crippen LogP contribution in [0, 0.1) is 5.82 Å². The summed E-state index contributed by atoms with van der Waals surface area (Å²) in [5.41, 5.74) is 0.239. The molecule has 3 rings (SSSR count). The first-order valence-corrected chi connectivity index (χ1v) is 12.1. The largest absolute Gasteiger partial charge is 0.485 e. The Balaban J connectivity index is 1.60. The molecule has 1 aliphatic rings. The third-order valence-corrected chi connectivity index (χ3v) is 5.60. The molecule has 1 atom stereocenters. The Morgan fingerprint density at radius 1 is 1.21 bits per heavy atom. The van der Waals surface area contributed by atoms with Crippen LogP contribution in [0.2, 0.25) is 10.0 Å². The Bertz CT molecular complexity index is 1170. The molecule has 1 saturated heterocycles. The fourth-order valence-electron chi connectivity index (χ4n) is 2.91. The normalized spacial score (nSPS) is 16.0. The molecule has 6 nitrogen and oxygen atoms in total. The van der Waals surface area contributed by atoms with Gasteiger partial charge in [-0.15, -0.1) is 0 Å². The van der Waals surface area contributed by atoms with Gasteiger partial charge in [0.2, 0.25) is 0 Å². The maximum absolute atomic E-state index is 14.4. The van der Waals surface area contributed by atoms with Crippen molar-refractivity contribution in [2.24, 2.45) is 0 Å². The molecule has 1 N–H and O–H groups in total. The highest BCUT2D eigenvalue weighted by Gasteiger charge is 2.31. The van der Waals surface area contributed by atoms with E-state index < -0.39 is 39.8 Å². The topological polar surface area (TPSA) is 67.9 Å². The third kappa shape index (κ3) is 6.81. The van der Waals surface area contributed by atoms with Crippen molar-refractivity contribution in [1.29, 1.82) is 0 Å². The zero-order chi connectivity index (χ0) is 24.6. The van der Waals surface area contributed by atoms with Crippen LogP contribution in [0.25, 0.3) is 0 Å². The van der Waals surface area contributed by atoms with Gasteiger partial charge in [0.25, 0.3) is 5.91 Å². The predicted octanol–water partition coefficient (Wildman–Crippen LogP) is 4.33. The molecule has 0 spiro atoms. The number of halogens is 6. The molecule has 2 aromatic carbocycles. The van der Waals surface area contributed by atoms with Gasteiger partial charge in [0.05, 0.1) is 28.7 Å². The van der Waals surface area contributed by atoms with Crippen LogP contribution in [-0.2, 0) is 9.71 Å². The highest BCUT2D eigenvalue weighted by atomic mass is 35.5. The standard InChI is InChI=1S/C20H18Cl2F4N2O4S/c1-33(2,30)27-19(29)13-6-15(22)18(7-16(13)23)32-12-8-28(9-12)11-3-4-17(14(21)5-11)31-10-20(24,25)26/h3-7,12H,1,8-10H2,2H3,(H,27,29,30). The highest BCUT2D eigenvalue weighted by molar-refractivity contribution is 7.98. The van der Waals surface area contributed by atoms with Crippen molar-refractivity contribution in [2.75, 3.05) is 30.9 Å². The lowest BCUT2D eigenvalue weighted by Gasteiger charge is -2.41. The summed E-state index contributed by atoms with van der Waals surface area (Å²) in [4.78, 5) is 13.9. The number of carbonyl (C=O) groups is 1. The number of alkyl halides is 3. The summed E-state index contributed by atoms with van der Waals surface area (Å²) in [7, 11) is -2.89. The van der Waals surface area contributed by atoms with E-state index in [1.54, 1.807) is 6.07 Å². The molecule has 0 aromatic heterocycles. The van der Waals surface area contributed by atoms with Crippen LogP contribution < -0.4 is 19.1 Å². The smallest absolute Gasteiger partial charge is 0.422 e. The van der Waals surface area contributed by atoms with Crippen LogP contribution in [0.1, 0.15) is 10.4 Å². The summed E-state index contributed by atoms with van der Waals surface area (Å²) >= 11 is 12.1. The van der Waals surface area contributed by atoms with E-state index in [2.05, 4.69) is 15.3 Å². The van der Waals surface area contributed by atoms with E-state index in [4.69, 9.17) is 27.9 Å². The molecule has 1 unspecified atom stereocenters. The van der Waals surface area contributed by atoms with Gasteiger partial charge in [-0.25, -0.2) is 8.60 Å². The quantitative estimate of drug-likeness (QED) is 0.428. The van der Waals surface area contributed by atoms with Gasteiger partial charge < -0.3 is 14.4 Å². The number of hydrogen-bond acceptors (Lipinski definition) is 5. The molecule has 180 valence electrons. The molecule has 1 fully saturated rings. The minimum absolute atomic E-state index is 0.0131. The number of hydrogen-bond donors (Lipinski definition) is 1. The van der Waals surface area contributed by atoms with Crippen molar-refractivity contribution in [1.82, 2.24) is 4.72 Å². The van der Waals surface area contributed by atoms with E-state index in [-0.39, 0.29) is 27.6 Å². The first-order chi connectivity index (χ1) is 15.2. The number of nitrogens with one attached hydrogen (secondary N) is 1. The van der Waals surface area contributed by atoms with Crippen molar-refractivity contribution < 1.29 is 36.0 Å². The van der Waals surface area contributed by atoms with Crippen molar-refractivity contribution in [3.8, 4) is 11.5 Å². The van der Waals surface area contributed by atoms with E-state index in [9.17, 15) is 26.6 Å². The third-order valence-electron chi connectivity index (χ3n) is 4.39. The average Bonchev–Trinajstić information content (AvgIpc) is 2.63. The molecule has 1 amide bonds. The molecule has 1 aliphatic heterocycles. The first kappa shape index (κ1) is 25.3. The lowest BCUT2D eigenvalue weighted by molar-refractivity contribution is -0.153. The molecule has 2 aromatic rings. The first-order valence-electron chi connectivity index (χ1n) is 9.26. The van der Waals surface area contributed by atoms with Crippen LogP contribution >= 0.6 is 23.2 Å². The summed E-state index contributed by atoms with van der Waals surface area (Å²) in [5, 5.41) is 0.0132. The summed E-state index contributed by atoms with van der Waals surface area (Å²) in [6.45, 7) is -0.701. The van der Waals surface area contributed by atoms with Gasteiger partial charge >= 0.3 is 6.18 Å². The maximum Gasteiger partial charge on any atom is 0.422 e. The van der Waals surface area contributed by atoms with Crippen LogP contribution in [-0.4, -0.2) is 54.2 Å². The molecule has 33 heavy (non-hydrogen) atoms. The molecule has 0 aliphatic carbocycles. The second-order valence-corrected chi connectivity index (χ2v) is 10.4. The summed E-state index contributed by atoms with van der Waals surface area (Å²) in [6, 6.07) is 6.40. The maximum atomic E-state index is 14.4. The monoisotopic (exact) mass is 528 g/mol. The van der Waals surface area contributed by atoms with Crippen molar-refractivity contribution in [3.05, 3.63) is 51.8 Å². The lowest BCUT2D eigenvalue weighted by Crippen LogP contribution is -2.54. The molecule has 13 heteroatoms. The van der Waals surface area contributed by atoms with Gasteiger partial charge in [-0.3, -0.25) is 9.52 Å². The Morgan fingerprint density at radius 2 is 1.85 bits per heavy atom. The molecule has 1 heterocycles. The van der Waals surface area contributed by atoms with Crippen molar-refractivity contribution in [2.45, 2.75) is 12.3 Å². The molecule has 0 radical (unpaired) electrons. The lowest BCUT2D eigenvalue weighted by atomic mass is 10.1. The average molecular weight is 529 g/mol. The SMILES string of the molecule is C=S(C)(=O)NC(=O)c1cc(Cl)c(OC2CN(c3ccc(OCC(F)(F)F)c(Cl)c3)C2)cc1F. The van der Waals surface area contributed by atoms with E-state index >= 15 is 0 Å². The minimum Gasteiger partial charge on any atom is -0.485 e. The fourth-order valence-corrected chi connectivity index (χ4v) is 3.85. The Labute approximate surface area is 197 Å². The molecule has 0 saturated carbocycles. The van der Waals surface area contributed by atoms with E-state index in [0.29, 0.717) is 18.8 Å². The number of amides is 1. The summed E-state index contributed by atoms with van der Waals surface area (Å²) in [6.07, 6.45) is -3.64. The van der Waals surface area contributed by atoms with Crippen LogP contribution in [0.3, 0.4) is 0 Å². The van der Waals surface area contributed by atoms with Crippen LogP contribution in [0.15, 0.2) is 30.3 Å². The second kappa shape index (κ2) is 9.47. The van der Waals surface area contributed by atoms with Gasteiger partial charge in [0, 0.05) is 27.7 Å². The molecular formula is C20H18Cl2F4N2O4S. The van der Waals surface area contributed by atoms with Gasteiger partial charge in [0.15, 0.2) is 6.61 Å². The van der Waals surface area contributed by atoms with Crippen LogP contribution in [0.4, 0.5) is 23.2 Å². The van der Waals surface area contributed by atoms with Gasteiger partial charge in [-0.1, -0.05) is 23.2 Å². The second-order valence-electron chi connectivity index (χ2n) is 7.36. The van der Waals surface area contributed by atoms with Crippen molar-refractivity contribution >= 4 is 50.4 Å². The number of carbonyl (C=O) groups excluding carboxylic acids is 1. The Hall–Kier alpha value is -2.37. The van der Waals surface area contributed by atoms with Gasteiger partial charge in [-0.05, 0) is 30.1 Å². The number of nitrogens with zero attached hydrogens (tertiary/aromatic N) is 1. The van der Waals surface area contributed by atoms with E-state index in [1.165, 1.54) is 18.4 Å². The zero-order valence-electron chi connectivity index (χ0n) is 17.0. The molecular weight excluding hydrogens is 511 g/mol. The minimum atomic E-state index is -4.47. The predicted molar refractivity (Wildman–Crippen MR) is 120 cm³/mol. The van der Waals surface area contributed by atoms with Gasteiger partial charge in [-0.2, -0.15) is 13.2 Å². The summed E-state index contributed by atoms with van der Waals surface area (Å²) < 4.78 is 75.3. The number of rotatable bonds is 7. The van der Waals surface area contributed by atoms with E-state index in [0.717, 1.165) is 12.1 Å². The number of benzene rings is 2. The zero-order valence-corrected chi connectivity index (χ0v) is 19.4.